The first-order valence-electron chi connectivity index (χ1n) is 11.5. The Labute approximate surface area is 205 Å². The zero-order valence-electron chi connectivity index (χ0n) is 19.4. The van der Waals surface area contributed by atoms with Gasteiger partial charge in [-0.3, -0.25) is 9.36 Å². The number of benzene rings is 3. The average molecular weight is 468 g/mol. The molecule has 170 valence electrons. The SMILES string of the molecule is CCCCc1nc(C)n(-c2ccc(Cl)cc2)c(=O)c1Cc1ccc(-c2ccccc2)c(C#N)c1. The van der Waals surface area contributed by atoms with Gasteiger partial charge in [0.15, 0.2) is 0 Å². The van der Waals surface area contributed by atoms with Gasteiger partial charge >= 0.3 is 0 Å². The number of aromatic nitrogens is 2. The number of aryl methyl sites for hydroxylation is 2. The van der Waals surface area contributed by atoms with E-state index in [4.69, 9.17) is 16.6 Å². The third kappa shape index (κ3) is 4.95. The average Bonchev–Trinajstić information content (AvgIpc) is 2.86. The van der Waals surface area contributed by atoms with Crippen LogP contribution in [-0.2, 0) is 12.8 Å². The van der Waals surface area contributed by atoms with Gasteiger partial charge in [-0.1, -0.05) is 67.4 Å². The summed E-state index contributed by atoms with van der Waals surface area (Å²) in [5.41, 5.74) is 5.56. The summed E-state index contributed by atoms with van der Waals surface area (Å²) in [6.45, 7) is 3.99. The first kappa shape index (κ1) is 23.5. The van der Waals surface area contributed by atoms with E-state index in [1.807, 2.05) is 67.6 Å². The zero-order valence-corrected chi connectivity index (χ0v) is 20.1. The standard InChI is InChI=1S/C29H26ClN3O/c1-3-4-10-28-27(29(34)33(20(2)32-28)25-14-12-24(30)13-15-25)18-21-11-16-26(23(17-21)19-31)22-8-6-5-7-9-22/h5-9,11-17H,3-4,10,18H2,1-2H3. The molecule has 0 aliphatic rings. The molecule has 0 fully saturated rings. The molecule has 4 nitrogen and oxygen atoms in total. The fraction of sp³-hybridized carbons (Fsp3) is 0.207. The van der Waals surface area contributed by atoms with E-state index in [1.165, 1.54) is 0 Å². The molecular formula is C29H26ClN3O. The van der Waals surface area contributed by atoms with Gasteiger partial charge < -0.3 is 0 Å². The summed E-state index contributed by atoms with van der Waals surface area (Å²) in [5.74, 6) is 0.652. The predicted octanol–water partition coefficient (Wildman–Crippen LogP) is 6.67. The molecule has 0 unspecified atom stereocenters. The first-order chi connectivity index (χ1) is 16.5. The van der Waals surface area contributed by atoms with Crippen LogP contribution in [0.5, 0.6) is 0 Å². The number of nitrogens with zero attached hydrogens (tertiary/aromatic N) is 3. The van der Waals surface area contributed by atoms with E-state index in [0.717, 1.165) is 47.3 Å². The molecule has 1 aromatic heterocycles. The lowest BCUT2D eigenvalue weighted by Gasteiger charge is -2.16. The van der Waals surface area contributed by atoms with E-state index < -0.39 is 0 Å². The summed E-state index contributed by atoms with van der Waals surface area (Å²) in [5, 5.41) is 10.4. The molecule has 34 heavy (non-hydrogen) atoms. The Morgan fingerprint density at radius 3 is 2.44 bits per heavy atom. The Bertz CT molecular complexity index is 1400. The molecule has 0 saturated carbocycles. The summed E-state index contributed by atoms with van der Waals surface area (Å²) in [7, 11) is 0. The Morgan fingerprint density at radius 2 is 1.76 bits per heavy atom. The summed E-state index contributed by atoms with van der Waals surface area (Å²) < 4.78 is 1.64. The second kappa shape index (κ2) is 10.5. The smallest absolute Gasteiger partial charge is 0.261 e. The second-order valence-electron chi connectivity index (χ2n) is 8.34. The minimum absolute atomic E-state index is 0.0773. The summed E-state index contributed by atoms with van der Waals surface area (Å²) in [6, 6.07) is 25.2. The van der Waals surface area contributed by atoms with Gasteiger partial charge in [0.2, 0.25) is 0 Å². The Balaban J connectivity index is 1.80. The molecule has 4 aromatic rings. The lowest BCUT2D eigenvalue weighted by molar-refractivity contribution is 0.733. The van der Waals surface area contributed by atoms with Crippen molar-refractivity contribution in [2.45, 2.75) is 39.5 Å². The Morgan fingerprint density at radius 1 is 1.03 bits per heavy atom. The quantitative estimate of drug-likeness (QED) is 0.305. The predicted molar refractivity (Wildman–Crippen MR) is 138 cm³/mol. The van der Waals surface area contributed by atoms with Gasteiger partial charge in [0, 0.05) is 17.0 Å². The molecule has 0 radical (unpaired) electrons. The van der Waals surface area contributed by atoms with Crippen LogP contribution < -0.4 is 5.56 Å². The lowest BCUT2D eigenvalue weighted by atomic mass is 9.95. The van der Waals surface area contributed by atoms with Gasteiger partial charge in [0.05, 0.1) is 23.0 Å². The number of hydrogen-bond acceptors (Lipinski definition) is 3. The molecular weight excluding hydrogens is 442 g/mol. The fourth-order valence-corrected chi connectivity index (χ4v) is 4.33. The van der Waals surface area contributed by atoms with Crippen LogP contribution in [0.1, 0.15) is 48.0 Å². The van der Waals surface area contributed by atoms with Crippen molar-refractivity contribution >= 4 is 11.6 Å². The maximum atomic E-state index is 13.7. The van der Waals surface area contributed by atoms with E-state index in [-0.39, 0.29) is 5.56 Å². The van der Waals surface area contributed by atoms with Crippen molar-refractivity contribution in [3.8, 4) is 22.9 Å². The maximum absolute atomic E-state index is 13.7. The van der Waals surface area contributed by atoms with E-state index in [2.05, 4.69) is 13.0 Å². The Hall–Kier alpha value is -3.68. The molecule has 0 N–H and O–H groups in total. The molecule has 0 bridgehead atoms. The highest BCUT2D eigenvalue weighted by Crippen LogP contribution is 2.25. The first-order valence-corrected chi connectivity index (χ1v) is 11.9. The molecule has 0 atom stereocenters. The van der Waals surface area contributed by atoms with Crippen LogP contribution in [-0.4, -0.2) is 9.55 Å². The number of halogens is 1. The van der Waals surface area contributed by atoms with Crippen molar-refractivity contribution < 1.29 is 0 Å². The molecule has 3 aromatic carbocycles. The number of nitriles is 1. The normalized spacial score (nSPS) is 10.8. The van der Waals surface area contributed by atoms with Crippen molar-refractivity contribution in [2.24, 2.45) is 0 Å². The highest BCUT2D eigenvalue weighted by molar-refractivity contribution is 6.30. The highest BCUT2D eigenvalue weighted by atomic mass is 35.5. The van der Waals surface area contributed by atoms with Crippen LogP contribution in [0.4, 0.5) is 0 Å². The summed E-state index contributed by atoms with van der Waals surface area (Å²) in [4.78, 5) is 18.6. The van der Waals surface area contributed by atoms with E-state index in [0.29, 0.717) is 28.4 Å². The summed E-state index contributed by atoms with van der Waals surface area (Å²) in [6.07, 6.45) is 3.14. The zero-order chi connectivity index (χ0) is 24.1. The third-order valence-corrected chi connectivity index (χ3v) is 6.20. The fourth-order valence-electron chi connectivity index (χ4n) is 4.21. The molecule has 0 aliphatic heterocycles. The molecule has 1 heterocycles. The molecule has 0 amide bonds. The van der Waals surface area contributed by atoms with Gasteiger partial charge in [0.1, 0.15) is 5.82 Å². The number of unbranched alkanes of at least 4 members (excludes halogenated alkanes) is 1. The molecule has 0 aliphatic carbocycles. The third-order valence-electron chi connectivity index (χ3n) is 5.95. The largest absolute Gasteiger partial charge is 0.269 e. The topological polar surface area (TPSA) is 58.7 Å². The van der Waals surface area contributed by atoms with Crippen molar-refractivity contribution in [1.82, 2.24) is 9.55 Å². The highest BCUT2D eigenvalue weighted by Gasteiger charge is 2.17. The van der Waals surface area contributed by atoms with Gasteiger partial charge in [-0.15, -0.1) is 0 Å². The van der Waals surface area contributed by atoms with Crippen LogP contribution in [0, 0.1) is 18.3 Å². The lowest BCUT2D eigenvalue weighted by Crippen LogP contribution is -2.28. The minimum atomic E-state index is -0.0773. The van der Waals surface area contributed by atoms with Crippen molar-refractivity contribution in [1.29, 1.82) is 5.26 Å². The van der Waals surface area contributed by atoms with Gasteiger partial charge in [0.25, 0.3) is 5.56 Å². The molecule has 4 rings (SSSR count). The van der Waals surface area contributed by atoms with E-state index in [1.54, 1.807) is 16.7 Å². The number of hydrogen-bond donors (Lipinski definition) is 0. The van der Waals surface area contributed by atoms with E-state index in [9.17, 15) is 10.1 Å². The van der Waals surface area contributed by atoms with Gasteiger partial charge in [-0.05, 0) is 66.8 Å². The summed E-state index contributed by atoms with van der Waals surface area (Å²) >= 11 is 6.06. The maximum Gasteiger partial charge on any atom is 0.261 e. The molecule has 5 heteroatoms. The van der Waals surface area contributed by atoms with Gasteiger partial charge in [-0.2, -0.15) is 5.26 Å². The van der Waals surface area contributed by atoms with Crippen molar-refractivity contribution in [3.63, 3.8) is 0 Å². The van der Waals surface area contributed by atoms with Crippen LogP contribution in [0.25, 0.3) is 16.8 Å². The second-order valence-corrected chi connectivity index (χ2v) is 8.78. The van der Waals surface area contributed by atoms with Crippen molar-refractivity contribution in [2.75, 3.05) is 0 Å². The van der Waals surface area contributed by atoms with Crippen LogP contribution in [0.3, 0.4) is 0 Å². The van der Waals surface area contributed by atoms with E-state index >= 15 is 0 Å². The molecule has 0 spiro atoms. The van der Waals surface area contributed by atoms with Crippen molar-refractivity contribution in [3.05, 3.63) is 116 Å². The van der Waals surface area contributed by atoms with Crippen LogP contribution >= 0.6 is 11.6 Å². The van der Waals surface area contributed by atoms with Crippen LogP contribution in [0.2, 0.25) is 5.02 Å². The minimum Gasteiger partial charge on any atom is -0.269 e. The Kier molecular flexibility index (Phi) is 7.25. The number of rotatable bonds is 7. The van der Waals surface area contributed by atoms with Crippen LogP contribution in [0.15, 0.2) is 77.6 Å². The molecule has 0 saturated heterocycles. The monoisotopic (exact) mass is 467 g/mol. The van der Waals surface area contributed by atoms with Gasteiger partial charge in [-0.25, -0.2) is 4.98 Å².